The summed E-state index contributed by atoms with van der Waals surface area (Å²) >= 11 is 0. The lowest BCUT2D eigenvalue weighted by molar-refractivity contribution is 0.0692. The molecule has 8 nitrogen and oxygen atoms in total. The molecule has 8 heteroatoms. The smallest absolute Gasteiger partial charge is 0.255 e. The number of ether oxygens (including phenoxy) is 1. The van der Waals surface area contributed by atoms with Gasteiger partial charge in [0.15, 0.2) is 5.65 Å². The molecule has 4 aromatic rings. The molecule has 0 fully saturated rings. The molecule has 1 aliphatic heterocycles. The van der Waals surface area contributed by atoms with Gasteiger partial charge in [-0.1, -0.05) is 12.1 Å². The topological polar surface area (TPSA) is 88.9 Å². The molecule has 158 valence electrons. The molecule has 1 amide bonds. The van der Waals surface area contributed by atoms with Crippen molar-refractivity contribution in [2.24, 2.45) is 7.05 Å². The molecular weight excluding hydrogens is 392 g/mol. The third-order valence-corrected chi connectivity index (χ3v) is 5.94. The van der Waals surface area contributed by atoms with E-state index < -0.39 is 0 Å². The van der Waals surface area contributed by atoms with Gasteiger partial charge in [0.25, 0.3) is 5.91 Å². The second-order valence-corrected chi connectivity index (χ2v) is 7.91. The number of carbonyl (C=O) groups excluding carboxylic acids is 1. The molecule has 0 unspecified atom stereocenters. The predicted octanol–water partition coefficient (Wildman–Crippen LogP) is 3.10. The summed E-state index contributed by atoms with van der Waals surface area (Å²) in [6, 6.07) is 9.41. The van der Waals surface area contributed by atoms with E-state index in [4.69, 9.17) is 4.74 Å². The highest BCUT2D eigenvalue weighted by molar-refractivity contribution is 6.06. The number of imidazole rings is 1. The molecule has 5 rings (SSSR count). The number of aryl methyl sites for hydroxylation is 3. The number of aromatic amines is 1. The monoisotopic (exact) mass is 416 g/mol. The third kappa shape index (κ3) is 3.06. The molecule has 0 aliphatic carbocycles. The van der Waals surface area contributed by atoms with Gasteiger partial charge < -0.3 is 14.6 Å². The van der Waals surface area contributed by atoms with Crippen molar-refractivity contribution in [3.63, 3.8) is 0 Å². The predicted molar refractivity (Wildman–Crippen MR) is 116 cm³/mol. The van der Waals surface area contributed by atoms with Crippen molar-refractivity contribution < 1.29 is 9.53 Å². The molecule has 1 aliphatic rings. The van der Waals surface area contributed by atoms with Gasteiger partial charge in [0.1, 0.15) is 11.8 Å². The fraction of sp³-hybridized carbons (Fsp3) is 0.304. The molecule has 0 bridgehead atoms. The fourth-order valence-corrected chi connectivity index (χ4v) is 4.51. The minimum atomic E-state index is -0.283. The maximum Gasteiger partial charge on any atom is 0.255 e. The molecule has 0 saturated heterocycles. The second-order valence-electron chi connectivity index (χ2n) is 7.91. The van der Waals surface area contributed by atoms with Crippen molar-refractivity contribution in [2.45, 2.75) is 26.3 Å². The van der Waals surface area contributed by atoms with Crippen LogP contribution in [-0.4, -0.2) is 49.2 Å². The first-order valence-corrected chi connectivity index (χ1v) is 10.3. The molecule has 0 spiro atoms. The van der Waals surface area contributed by atoms with Crippen LogP contribution in [0.25, 0.3) is 11.0 Å². The Labute approximate surface area is 179 Å². The zero-order valence-corrected chi connectivity index (χ0v) is 18.0. The Balaban J connectivity index is 1.65. The van der Waals surface area contributed by atoms with Gasteiger partial charge in [-0.05, 0) is 37.6 Å². The SMILES string of the molecule is COc1ccc([C@@H]2c3nc[nH]c3CCN2C(=O)c2cc(C)nc3c2c(C)nn3C)cc1. The average Bonchev–Trinajstić information content (AvgIpc) is 3.36. The van der Waals surface area contributed by atoms with Gasteiger partial charge in [-0.25, -0.2) is 9.97 Å². The Bertz CT molecular complexity index is 1290. The molecule has 31 heavy (non-hydrogen) atoms. The summed E-state index contributed by atoms with van der Waals surface area (Å²) in [7, 11) is 3.50. The Hall–Kier alpha value is -3.68. The maximum absolute atomic E-state index is 14.0. The first-order chi connectivity index (χ1) is 15.0. The Kier molecular flexibility index (Phi) is 4.50. The third-order valence-electron chi connectivity index (χ3n) is 5.94. The van der Waals surface area contributed by atoms with Crippen LogP contribution < -0.4 is 4.74 Å². The lowest BCUT2D eigenvalue weighted by Crippen LogP contribution is -2.41. The lowest BCUT2D eigenvalue weighted by Gasteiger charge is -2.35. The van der Waals surface area contributed by atoms with Crippen LogP contribution in [0.5, 0.6) is 5.75 Å². The number of carbonyl (C=O) groups is 1. The molecule has 4 heterocycles. The zero-order valence-electron chi connectivity index (χ0n) is 18.0. The van der Waals surface area contributed by atoms with Gasteiger partial charge >= 0.3 is 0 Å². The summed E-state index contributed by atoms with van der Waals surface area (Å²) in [6.45, 7) is 4.41. The number of rotatable bonds is 3. The van der Waals surface area contributed by atoms with Crippen LogP contribution in [-0.2, 0) is 13.5 Å². The summed E-state index contributed by atoms with van der Waals surface area (Å²) < 4.78 is 7.05. The van der Waals surface area contributed by atoms with Crippen LogP contribution in [0.2, 0.25) is 0 Å². The molecular formula is C23H24N6O2. The minimum Gasteiger partial charge on any atom is -0.497 e. The van der Waals surface area contributed by atoms with Crippen LogP contribution in [0.4, 0.5) is 0 Å². The van der Waals surface area contributed by atoms with Gasteiger partial charge in [0.2, 0.25) is 0 Å². The van der Waals surface area contributed by atoms with Crippen LogP contribution in [0.15, 0.2) is 36.7 Å². The average molecular weight is 416 g/mol. The van der Waals surface area contributed by atoms with Crippen molar-refractivity contribution in [2.75, 3.05) is 13.7 Å². The molecule has 3 aromatic heterocycles. The van der Waals surface area contributed by atoms with Crippen LogP contribution >= 0.6 is 0 Å². The highest BCUT2D eigenvalue weighted by Gasteiger charge is 2.35. The summed E-state index contributed by atoms with van der Waals surface area (Å²) in [5, 5.41) is 5.30. The summed E-state index contributed by atoms with van der Waals surface area (Å²) in [6.07, 6.45) is 2.43. The Morgan fingerprint density at radius 2 is 2.00 bits per heavy atom. The van der Waals surface area contributed by atoms with Crippen molar-refractivity contribution >= 4 is 16.9 Å². The summed E-state index contributed by atoms with van der Waals surface area (Å²) in [5.74, 6) is 0.734. The van der Waals surface area contributed by atoms with Crippen LogP contribution in [0.3, 0.4) is 0 Å². The van der Waals surface area contributed by atoms with Gasteiger partial charge in [0.05, 0.1) is 35.8 Å². The van der Waals surface area contributed by atoms with Gasteiger partial charge in [0, 0.05) is 31.4 Å². The molecule has 1 aromatic carbocycles. The van der Waals surface area contributed by atoms with Crippen molar-refractivity contribution in [3.8, 4) is 5.75 Å². The van der Waals surface area contributed by atoms with Crippen molar-refractivity contribution in [1.29, 1.82) is 0 Å². The number of H-pyrrole nitrogens is 1. The van der Waals surface area contributed by atoms with E-state index in [9.17, 15) is 4.79 Å². The molecule has 1 atom stereocenters. The first-order valence-electron chi connectivity index (χ1n) is 10.3. The number of nitrogens with zero attached hydrogens (tertiary/aromatic N) is 5. The number of methoxy groups -OCH3 is 1. The maximum atomic E-state index is 14.0. The lowest BCUT2D eigenvalue weighted by atomic mass is 9.94. The number of benzene rings is 1. The number of aromatic nitrogens is 5. The minimum absolute atomic E-state index is 0.0407. The molecule has 0 saturated carbocycles. The number of pyridine rings is 1. The Morgan fingerprint density at radius 3 is 2.74 bits per heavy atom. The van der Waals surface area contributed by atoms with E-state index in [1.807, 2.05) is 56.1 Å². The van der Waals surface area contributed by atoms with E-state index in [1.54, 1.807) is 18.1 Å². The van der Waals surface area contributed by atoms with Crippen molar-refractivity contribution in [1.82, 2.24) is 29.6 Å². The highest BCUT2D eigenvalue weighted by Crippen LogP contribution is 2.36. The highest BCUT2D eigenvalue weighted by atomic mass is 16.5. The largest absolute Gasteiger partial charge is 0.497 e. The van der Waals surface area contributed by atoms with Crippen LogP contribution in [0.1, 0.15) is 44.7 Å². The summed E-state index contributed by atoms with van der Waals surface area (Å²) in [5.41, 5.74) is 5.88. The fourth-order valence-electron chi connectivity index (χ4n) is 4.51. The van der Waals surface area contributed by atoms with E-state index in [0.29, 0.717) is 12.1 Å². The van der Waals surface area contributed by atoms with Gasteiger partial charge in [-0.3, -0.25) is 9.48 Å². The molecule has 1 N–H and O–H groups in total. The number of fused-ring (bicyclic) bond motifs is 2. The van der Waals surface area contributed by atoms with E-state index in [1.165, 1.54) is 0 Å². The number of hydrogen-bond acceptors (Lipinski definition) is 5. The quantitative estimate of drug-likeness (QED) is 0.554. The van der Waals surface area contributed by atoms with Crippen LogP contribution in [0, 0.1) is 13.8 Å². The number of nitrogens with one attached hydrogen (secondary N) is 1. The first kappa shape index (κ1) is 19.3. The zero-order chi connectivity index (χ0) is 21.7. The van der Waals surface area contributed by atoms with E-state index in [0.717, 1.165) is 51.5 Å². The van der Waals surface area contributed by atoms with E-state index in [-0.39, 0.29) is 11.9 Å². The summed E-state index contributed by atoms with van der Waals surface area (Å²) in [4.78, 5) is 28.3. The van der Waals surface area contributed by atoms with E-state index in [2.05, 4.69) is 20.1 Å². The van der Waals surface area contributed by atoms with E-state index >= 15 is 0 Å². The van der Waals surface area contributed by atoms with Gasteiger partial charge in [-0.15, -0.1) is 0 Å². The standard InChI is InChI=1S/C23H24N6O2/c1-13-11-17(19-14(2)27-28(3)22(19)26-13)23(30)29-10-9-18-20(25-12-24-18)21(29)15-5-7-16(31-4)8-6-15/h5-8,11-12,21H,9-10H2,1-4H3,(H,24,25)/t21-/m1/s1. The van der Waals surface area contributed by atoms with Crippen molar-refractivity contribution in [3.05, 3.63) is 70.6 Å². The molecule has 0 radical (unpaired) electrons. The van der Waals surface area contributed by atoms with Gasteiger partial charge in [-0.2, -0.15) is 5.10 Å². The number of hydrogen-bond donors (Lipinski definition) is 1. The Morgan fingerprint density at radius 1 is 1.23 bits per heavy atom. The number of amides is 1. The second kappa shape index (κ2) is 7.23. The normalized spacial score (nSPS) is 15.9.